The highest BCUT2D eigenvalue weighted by molar-refractivity contribution is 5.77. The minimum atomic E-state index is -4.42. The molecule has 2 aromatic heterocycles. The van der Waals surface area contributed by atoms with Crippen molar-refractivity contribution < 1.29 is 18.0 Å². The number of rotatable bonds is 3. The number of likely N-dealkylation sites (tertiary alicyclic amines) is 1. The normalized spacial score (nSPS) is 23.2. The molecule has 0 unspecified atom stereocenters. The van der Waals surface area contributed by atoms with E-state index in [-0.39, 0.29) is 13.1 Å². The van der Waals surface area contributed by atoms with E-state index < -0.39 is 23.9 Å². The molecule has 0 spiro atoms. The number of pyridine rings is 1. The fraction of sp³-hybridized carbons (Fsp3) is 0.429. The Morgan fingerprint density at radius 3 is 2.77 bits per heavy atom. The van der Waals surface area contributed by atoms with E-state index >= 15 is 0 Å². The van der Waals surface area contributed by atoms with E-state index in [2.05, 4.69) is 5.10 Å². The van der Waals surface area contributed by atoms with Crippen LogP contribution in [0.1, 0.15) is 5.56 Å². The van der Waals surface area contributed by atoms with Gasteiger partial charge in [-0.25, -0.2) is 4.52 Å². The van der Waals surface area contributed by atoms with Gasteiger partial charge in [0.2, 0.25) is 5.91 Å². The Morgan fingerprint density at radius 2 is 2.14 bits per heavy atom. The summed E-state index contributed by atoms with van der Waals surface area (Å²) in [4.78, 5) is 12.9. The van der Waals surface area contributed by atoms with Crippen molar-refractivity contribution in [3.05, 3.63) is 36.2 Å². The summed E-state index contributed by atoms with van der Waals surface area (Å²) in [6.45, 7) is 0.106. The molecule has 1 fully saturated rings. The molecule has 1 saturated heterocycles. The summed E-state index contributed by atoms with van der Waals surface area (Å²) in [5.74, 6) is -3.79. The van der Waals surface area contributed by atoms with Gasteiger partial charge in [0.15, 0.2) is 0 Å². The van der Waals surface area contributed by atoms with E-state index in [1.807, 2.05) is 18.2 Å². The minimum absolute atomic E-state index is 0.0175. The minimum Gasteiger partial charge on any atom is -0.369 e. The number of carbonyl (C=O) groups excluding carboxylic acids is 1. The molecule has 3 rings (SSSR count). The zero-order chi connectivity index (χ0) is 15.9. The molecule has 2 aromatic rings. The van der Waals surface area contributed by atoms with Gasteiger partial charge in [0.25, 0.3) is 0 Å². The Kier molecular flexibility index (Phi) is 3.56. The number of halogens is 3. The Morgan fingerprint density at radius 1 is 1.36 bits per heavy atom. The molecule has 1 amide bonds. The summed E-state index contributed by atoms with van der Waals surface area (Å²) in [6, 6.07) is 5.52. The second-order valence-electron chi connectivity index (χ2n) is 5.55. The van der Waals surface area contributed by atoms with Gasteiger partial charge in [0.1, 0.15) is 0 Å². The largest absolute Gasteiger partial charge is 0.393 e. The fourth-order valence-corrected chi connectivity index (χ4v) is 2.98. The van der Waals surface area contributed by atoms with Gasteiger partial charge in [0, 0.05) is 31.4 Å². The number of nitrogens with zero attached hydrogens (tertiary/aromatic N) is 3. The van der Waals surface area contributed by atoms with E-state index in [1.54, 1.807) is 21.8 Å². The summed E-state index contributed by atoms with van der Waals surface area (Å²) in [7, 11) is 0. The van der Waals surface area contributed by atoms with Gasteiger partial charge in [-0.05, 0) is 12.1 Å². The first-order chi connectivity index (χ1) is 10.4. The number of alkyl halides is 3. The maximum Gasteiger partial charge on any atom is 0.393 e. The Hall–Kier alpha value is -2.09. The van der Waals surface area contributed by atoms with Crippen molar-refractivity contribution in [3.8, 4) is 0 Å². The molecule has 0 bridgehead atoms. The Bertz CT molecular complexity index is 697. The zero-order valence-electron chi connectivity index (χ0n) is 11.6. The smallest absolute Gasteiger partial charge is 0.369 e. The van der Waals surface area contributed by atoms with Crippen LogP contribution in [0.3, 0.4) is 0 Å². The number of nitrogens with two attached hydrogens (primary N) is 1. The van der Waals surface area contributed by atoms with Gasteiger partial charge in [-0.1, -0.05) is 6.07 Å². The van der Waals surface area contributed by atoms with Crippen molar-refractivity contribution in [1.29, 1.82) is 0 Å². The van der Waals surface area contributed by atoms with Crippen LogP contribution < -0.4 is 5.73 Å². The third kappa shape index (κ3) is 2.66. The van der Waals surface area contributed by atoms with Crippen molar-refractivity contribution in [3.63, 3.8) is 0 Å². The molecule has 0 saturated carbocycles. The molecule has 2 N–H and O–H groups in total. The van der Waals surface area contributed by atoms with Gasteiger partial charge in [0.05, 0.1) is 23.5 Å². The first-order valence-electron chi connectivity index (χ1n) is 6.86. The van der Waals surface area contributed by atoms with Crippen LogP contribution in [0.4, 0.5) is 13.2 Å². The summed E-state index contributed by atoms with van der Waals surface area (Å²) >= 11 is 0. The van der Waals surface area contributed by atoms with Gasteiger partial charge < -0.3 is 5.73 Å². The summed E-state index contributed by atoms with van der Waals surface area (Å²) in [6.07, 6.45) is -1.02. The molecule has 0 radical (unpaired) electrons. The van der Waals surface area contributed by atoms with Crippen LogP contribution in [0.15, 0.2) is 30.6 Å². The molecular formula is C14H15F3N4O. The highest BCUT2D eigenvalue weighted by Crippen LogP contribution is 2.38. The lowest BCUT2D eigenvalue weighted by atomic mass is 9.95. The van der Waals surface area contributed by atoms with Crippen LogP contribution in [0.25, 0.3) is 5.52 Å². The van der Waals surface area contributed by atoms with Crippen LogP contribution >= 0.6 is 0 Å². The lowest BCUT2D eigenvalue weighted by Gasteiger charge is -2.18. The molecule has 2 atom stereocenters. The van der Waals surface area contributed by atoms with E-state index in [4.69, 9.17) is 5.73 Å². The summed E-state index contributed by atoms with van der Waals surface area (Å²) < 4.78 is 40.7. The fourth-order valence-electron chi connectivity index (χ4n) is 2.98. The molecule has 0 aromatic carbocycles. The first kappa shape index (κ1) is 14.8. The standard InChI is InChI=1S/C14H15F3N4O/c15-14(16,17)11-8-20(7-10(11)13(18)22)6-9-5-19-21-4-2-1-3-12(9)21/h1-5,10-11H,6-8H2,(H2,18,22)/t10-,11-/m1/s1. The Labute approximate surface area is 124 Å². The summed E-state index contributed by atoms with van der Waals surface area (Å²) in [5.41, 5.74) is 6.80. The maximum absolute atomic E-state index is 13.0. The number of amides is 1. The van der Waals surface area contributed by atoms with Crippen molar-refractivity contribution in [1.82, 2.24) is 14.5 Å². The molecule has 1 aliphatic rings. The second-order valence-corrected chi connectivity index (χ2v) is 5.55. The van der Waals surface area contributed by atoms with Gasteiger partial charge in [-0.3, -0.25) is 9.69 Å². The van der Waals surface area contributed by atoms with E-state index in [1.165, 1.54) is 0 Å². The molecule has 0 aliphatic carbocycles. The first-order valence-corrected chi connectivity index (χ1v) is 6.86. The van der Waals surface area contributed by atoms with Gasteiger partial charge in [-0.15, -0.1) is 0 Å². The molecule has 118 valence electrons. The maximum atomic E-state index is 13.0. The number of primary amides is 1. The van der Waals surface area contributed by atoms with E-state index in [0.29, 0.717) is 6.54 Å². The average molecular weight is 312 g/mol. The number of hydrogen-bond acceptors (Lipinski definition) is 3. The molecule has 5 nitrogen and oxygen atoms in total. The molecule has 3 heterocycles. The van der Waals surface area contributed by atoms with Gasteiger partial charge in [-0.2, -0.15) is 18.3 Å². The van der Waals surface area contributed by atoms with E-state index in [0.717, 1.165) is 11.1 Å². The lowest BCUT2D eigenvalue weighted by Crippen LogP contribution is -2.37. The topological polar surface area (TPSA) is 63.6 Å². The lowest BCUT2D eigenvalue weighted by molar-refractivity contribution is -0.182. The van der Waals surface area contributed by atoms with Crippen LogP contribution in [-0.2, 0) is 11.3 Å². The molecule has 1 aliphatic heterocycles. The van der Waals surface area contributed by atoms with Crippen LogP contribution in [0.5, 0.6) is 0 Å². The number of fused-ring (bicyclic) bond motifs is 1. The molecule has 22 heavy (non-hydrogen) atoms. The third-order valence-corrected chi connectivity index (χ3v) is 4.08. The summed E-state index contributed by atoms with van der Waals surface area (Å²) in [5, 5.41) is 4.16. The van der Waals surface area contributed by atoms with Crippen LogP contribution in [-0.4, -0.2) is 39.7 Å². The van der Waals surface area contributed by atoms with E-state index in [9.17, 15) is 18.0 Å². The third-order valence-electron chi connectivity index (χ3n) is 4.08. The van der Waals surface area contributed by atoms with Crippen LogP contribution in [0.2, 0.25) is 0 Å². The monoisotopic (exact) mass is 312 g/mol. The van der Waals surface area contributed by atoms with Crippen molar-refractivity contribution in [2.24, 2.45) is 17.6 Å². The molecular weight excluding hydrogens is 297 g/mol. The van der Waals surface area contributed by atoms with Gasteiger partial charge >= 0.3 is 6.18 Å². The average Bonchev–Trinajstić information content (AvgIpc) is 3.04. The zero-order valence-corrected chi connectivity index (χ0v) is 11.6. The predicted molar refractivity (Wildman–Crippen MR) is 72.7 cm³/mol. The molecule has 8 heteroatoms. The predicted octanol–water partition coefficient (Wildman–Crippen LogP) is 1.43. The number of carbonyl (C=O) groups is 1. The SMILES string of the molecule is NC(=O)[C@@H]1CN(Cc2cnn3ccccc23)C[C@H]1C(F)(F)F. The highest BCUT2D eigenvalue weighted by Gasteiger charge is 2.51. The highest BCUT2D eigenvalue weighted by atomic mass is 19.4. The van der Waals surface area contributed by atoms with Crippen molar-refractivity contribution in [2.45, 2.75) is 12.7 Å². The quantitative estimate of drug-likeness (QED) is 0.932. The number of aromatic nitrogens is 2. The number of hydrogen-bond donors (Lipinski definition) is 1. The second kappa shape index (κ2) is 5.28. The van der Waals surface area contributed by atoms with Crippen molar-refractivity contribution in [2.75, 3.05) is 13.1 Å². The van der Waals surface area contributed by atoms with Crippen molar-refractivity contribution >= 4 is 11.4 Å². The van der Waals surface area contributed by atoms with Crippen LogP contribution in [0, 0.1) is 11.8 Å². The Balaban J connectivity index is 1.80.